The molecule has 4 aliphatic rings. The first-order valence-electron chi connectivity index (χ1n) is 12.1. The highest BCUT2D eigenvalue weighted by Gasteiger charge is 2.64. The van der Waals surface area contributed by atoms with E-state index in [0.717, 1.165) is 50.9 Å². The van der Waals surface area contributed by atoms with Gasteiger partial charge in [-0.2, -0.15) is 0 Å². The van der Waals surface area contributed by atoms with Crippen LogP contribution in [0.2, 0.25) is 19.6 Å². The molecule has 0 heterocycles. The van der Waals surface area contributed by atoms with E-state index >= 15 is 0 Å². The molecule has 30 heavy (non-hydrogen) atoms. The van der Waals surface area contributed by atoms with Gasteiger partial charge in [0.2, 0.25) is 0 Å². The minimum absolute atomic E-state index is 0.121. The summed E-state index contributed by atoms with van der Waals surface area (Å²) >= 11 is 0. The van der Waals surface area contributed by atoms with Gasteiger partial charge < -0.3 is 9.84 Å². The molecule has 164 valence electrons. The van der Waals surface area contributed by atoms with Crippen molar-refractivity contribution in [2.45, 2.75) is 84.0 Å². The summed E-state index contributed by atoms with van der Waals surface area (Å²) in [5.41, 5.74) is 5.40. The second-order valence-electron chi connectivity index (χ2n) is 11.2. The molecule has 0 unspecified atom stereocenters. The average Bonchev–Trinajstić information content (AvgIpc) is 2.99. The molecule has 2 nitrogen and oxygen atoms in total. The zero-order chi connectivity index (χ0) is 21.7. The Hall–Kier alpha value is -1.24. The fourth-order valence-electron chi connectivity index (χ4n) is 7.22. The number of rotatable bonds is 3. The molecule has 0 bridgehead atoms. The molecule has 6 atom stereocenters. The Morgan fingerprint density at radius 3 is 2.70 bits per heavy atom. The lowest BCUT2D eigenvalue weighted by Crippen LogP contribution is -2.54. The average molecular weight is 425 g/mol. The van der Waals surface area contributed by atoms with E-state index in [2.05, 4.69) is 63.7 Å². The van der Waals surface area contributed by atoms with Crippen molar-refractivity contribution in [2.75, 3.05) is 6.61 Å². The fraction of sp³-hybridized carbons (Fsp3) is 0.704. The first-order valence-corrected chi connectivity index (χ1v) is 15.6. The van der Waals surface area contributed by atoms with Crippen LogP contribution in [-0.2, 0) is 4.74 Å². The summed E-state index contributed by atoms with van der Waals surface area (Å²) in [4.78, 5) is 0. The summed E-state index contributed by atoms with van der Waals surface area (Å²) in [5.74, 6) is 6.91. The normalized spacial score (nSPS) is 40.3. The van der Waals surface area contributed by atoms with E-state index in [1.165, 1.54) is 17.6 Å². The van der Waals surface area contributed by atoms with Gasteiger partial charge in [-0.1, -0.05) is 50.7 Å². The monoisotopic (exact) mass is 424 g/mol. The number of ether oxygens (including phenoxy) is 1. The molecule has 2 fully saturated rings. The van der Waals surface area contributed by atoms with Crippen LogP contribution in [0.5, 0.6) is 0 Å². The molecular formula is C27H40O2Si. The van der Waals surface area contributed by atoms with Gasteiger partial charge in [0, 0.05) is 11.8 Å². The third-order valence-electron chi connectivity index (χ3n) is 8.46. The summed E-state index contributed by atoms with van der Waals surface area (Å²) in [6, 6.07) is 0. The molecule has 0 aromatic rings. The van der Waals surface area contributed by atoms with Gasteiger partial charge >= 0.3 is 0 Å². The third kappa shape index (κ3) is 3.45. The molecule has 4 aliphatic carbocycles. The number of fused-ring (bicyclic) bond motifs is 5. The molecule has 0 aromatic carbocycles. The van der Waals surface area contributed by atoms with Gasteiger partial charge in [0.1, 0.15) is 13.7 Å². The van der Waals surface area contributed by atoms with Crippen LogP contribution in [0.3, 0.4) is 0 Å². The van der Waals surface area contributed by atoms with Gasteiger partial charge in [-0.3, -0.25) is 0 Å². The van der Waals surface area contributed by atoms with Crippen LogP contribution in [0.25, 0.3) is 0 Å². The van der Waals surface area contributed by atoms with Crippen molar-refractivity contribution in [1.82, 2.24) is 0 Å². The van der Waals surface area contributed by atoms with E-state index in [4.69, 9.17) is 4.74 Å². The van der Waals surface area contributed by atoms with E-state index in [0.29, 0.717) is 23.7 Å². The SMILES string of the molecule is C=C1C[C@@]2(CC)[C@@H](CC[C@@]2(O)C#C[Si](C)(C)C)[C@@H]2CC=C3C=C(OCC)CC[C@@H]3[C@@H]12. The highest BCUT2D eigenvalue weighted by molar-refractivity contribution is 6.83. The predicted molar refractivity (Wildman–Crippen MR) is 127 cm³/mol. The maximum atomic E-state index is 11.9. The molecule has 4 rings (SSSR count). The fourth-order valence-corrected chi connectivity index (χ4v) is 7.80. The van der Waals surface area contributed by atoms with Crippen LogP contribution in [0.15, 0.2) is 35.6 Å². The van der Waals surface area contributed by atoms with Crippen LogP contribution in [0.4, 0.5) is 0 Å². The van der Waals surface area contributed by atoms with E-state index < -0.39 is 13.7 Å². The number of aliphatic hydroxyl groups is 1. The summed E-state index contributed by atoms with van der Waals surface area (Å²) in [7, 11) is -1.53. The molecule has 0 amide bonds. The maximum Gasteiger partial charge on any atom is 0.131 e. The Bertz CT molecular complexity index is 835. The standard InChI is InChI=1S/C27H40O2Si/c1-7-26-18-19(3)25-22-12-10-21(29-8-2)17-20(22)9-11-23(25)24(26)13-14-27(26,28)15-16-30(4,5)6/h9,17,22-25,28H,3,7-8,10-14,18H2,1-2,4-6H3/t22-,23-,24-,25+,26-,27+/m0/s1. The van der Waals surface area contributed by atoms with Crippen molar-refractivity contribution in [3.05, 3.63) is 35.6 Å². The smallest absolute Gasteiger partial charge is 0.131 e. The molecular weight excluding hydrogens is 384 g/mol. The topological polar surface area (TPSA) is 29.5 Å². The lowest BCUT2D eigenvalue weighted by atomic mass is 9.49. The van der Waals surface area contributed by atoms with Gasteiger partial charge in [-0.05, 0) is 80.8 Å². The molecule has 2 saturated carbocycles. The van der Waals surface area contributed by atoms with Gasteiger partial charge in [-0.15, -0.1) is 5.54 Å². The molecule has 0 radical (unpaired) electrons. The van der Waals surface area contributed by atoms with Gasteiger partial charge in [-0.25, -0.2) is 0 Å². The maximum absolute atomic E-state index is 11.9. The summed E-state index contributed by atoms with van der Waals surface area (Å²) < 4.78 is 5.83. The molecule has 0 spiro atoms. The van der Waals surface area contributed by atoms with Gasteiger partial charge in [0.15, 0.2) is 0 Å². The minimum Gasteiger partial charge on any atom is -0.498 e. The molecule has 1 N–H and O–H groups in total. The lowest BCUT2D eigenvalue weighted by molar-refractivity contribution is -0.0748. The molecule has 0 aromatic heterocycles. The number of allylic oxidation sites excluding steroid dienone is 5. The third-order valence-corrected chi connectivity index (χ3v) is 9.34. The summed E-state index contributed by atoms with van der Waals surface area (Å²) in [6.07, 6.45) is 12.0. The quantitative estimate of drug-likeness (QED) is 0.329. The minimum atomic E-state index is -1.53. The van der Waals surface area contributed by atoms with E-state index in [1.54, 1.807) is 0 Å². The first kappa shape index (κ1) is 22.0. The molecule has 3 heteroatoms. The molecule has 0 aliphatic heterocycles. The van der Waals surface area contributed by atoms with Crippen LogP contribution < -0.4 is 0 Å². The van der Waals surface area contributed by atoms with Crippen molar-refractivity contribution in [3.8, 4) is 11.5 Å². The van der Waals surface area contributed by atoms with E-state index in [9.17, 15) is 5.11 Å². The second kappa shape index (κ2) is 7.71. The summed E-state index contributed by atoms with van der Waals surface area (Å²) in [5, 5.41) is 11.9. The predicted octanol–water partition coefficient (Wildman–Crippen LogP) is 6.26. The van der Waals surface area contributed by atoms with E-state index in [-0.39, 0.29) is 5.41 Å². The number of hydrogen-bond donors (Lipinski definition) is 1. The Kier molecular flexibility index (Phi) is 5.65. The van der Waals surface area contributed by atoms with E-state index in [1.807, 2.05) is 0 Å². The van der Waals surface area contributed by atoms with Crippen LogP contribution in [-0.4, -0.2) is 25.4 Å². The van der Waals surface area contributed by atoms with Crippen LogP contribution >= 0.6 is 0 Å². The molecule has 0 saturated heterocycles. The Balaban J connectivity index is 1.69. The first-order chi connectivity index (χ1) is 14.1. The van der Waals surface area contributed by atoms with Crippen LogP contribution in [0, 0.1) is 40.6 Å². The zero-order valence-electron chi connectivity index (χ0n) is 19.7. The van der Waals surface area contributed by atoms with Crippen molar-refractivity contribution in [2.24, 2.45) is 29.1 Å². The zero-order valence-corrected chi connectivity index (χ0v) is 20.7. The Labute approximate surface area is 184 Å². The highest BCUT2D eigenvalue weighted by atomic mass is 28.3. The second-order valence-corrected chi connectivity index (χ2v) is 15.9. The van der Waals surface area contributed by atoms with Crippen molar-refractivity contribution < 1.29 is 9.84 Å². The van der Waals surface area contributed by atoms with Crippen molar-refractivity contribution in [3.63, 3.8) is 0 Å². The van der Waals surface area contributed by atoms with Crippen LogP contribution in [0.1, 0.15) is 58.8 Å². The summed E-state index contributed by atoms with van der Waals surface area (Å²) in [6.45, 7) is 16.5. The Morgan fingerprint density at radius 2 is 2.03 bits per heavy atom. The lowest BCUT2D eigenvalue weighted by Gasteiger charge is -2.56. The number of hydrogen-bond acceptors (Lipinski definition) is 2. The largest absolute Gasteiger partial charge is 0.498 e. The Morgan fingerprint density at radius 1 is 1.27 bits per heavy atom. The van der Waals surface area contributed by atoms with Crippen molar-refractivity contribution >= 4 is 8.07 Å². The van der Waals surface area contributed by atoms with Gasteiger partial charge in [0.05, 0.1) is 12.4 Å². The highest BCUT2D eigenvalue weighted by Crippen LogP contribution is 2.66. The van der Waals surface area contributed by atoms with Gasteiger partial charge in [0.25, 0.3) is 0 Å². The van der Waals surface area contributed by atoms with Crippen molar-refractivity contribution in [1.29, 1.82) is 0 Å².